The number of benzene rings is 4. The second kappa shape index (κ2) is 14.8. The van der Waals surface area contributed by atoms with Gasteiger partial charge in [0, 0.05) is 34.4 Å². The fraction of sp³-hybridized carbons (Fsp3) is 0.0513. The first-order valence-corrected chi connectivity index (χ1v) is 13.8. The van der Waals surface area contributed by atoms with E-state index in [-0.39, 0.29) is 16.9 Å². The number of ether oxygens (including phenoxy) is 3. The van der Waals surface area contributed by atoms with Crippen molar-refractivity contribution in [1.82, 2.24) is 0 Å². The van der Waals surface area contributed by atoms with Crippen LogP contribution in [0, 0.1) is 36.4 Å². The average molecular weight is 611 g/mol. The Balaban J connectivity index is 1.63. The molecule has 7 heteroatoms. The van der Waals surface area contributed by atoms with Crippen molar-refractivity contribution in [1.29, 1.82) is 0 Å². The Hall–Kier alpha value is -6.44. The molecular formula is C39H27FO6. The van der Waals surface area contributed by atoms with Crippen LogP contribution in [0.2, 0.25) is 0 Å². The molecule has 0 saturated carbocycles. The summed E-state index contributed by atoms with van der Waals surface area (Å²) in [4.78, 5) is 35.2. The summed E-state index contributed by atoms with van der Waals surface area (Å²) in [7, 11) is 0. The lowest BCUT2D eigenvalue weighted by molar-refractivity contribution is -0.130. The molecule has 0 heterocycles. The summed E-state index contributed by atoms with van der Waals surface area (Å²) in [6, 6.07) is 21.8. The molecule has 4 aromatic carbocycles. The number of hydrogen-bond donors (Lipinski definition) is 0. The van der Waals surface area contributed by atoms with Crippen molar-refractivity contribution in [3.8, 4) is 52.1 Å². The second-order valence-electron chi connectivity index (χ2n) is 9.78. The third kappa shape index (κ3) is 8.35. The molecule has 0 saturated heterocycles. The lowest BCUT2D eigenvalue weighted by Gasteiger charge is -2.14. The van der Waals surface area contributed by atoms with Crippen LogP contribution in [0.4, 0.5) is 4.39 Å². The van der Waals surface area contributed by atoms with Crippen LogP contribution in [0.3, 0.4) is 0 Å². The maximum absolute atomic E-state index is 15.9. The van der Waals surface area contributed by atoms with E-state index in [9.17, 15) is 14.4 Å². The molecule has 0 aliphatic rings. The molecule has 0 aliphatic heterocycles. The molecule has 0 N–H and O–H groups in total. The van der Waals surface area contributed by atoms with Gasteiger partial charge < -0.3 is 14.2 Å². The van der Waals surface area contributed by atoms with Crippen molar-refractivity contribution < 1.29 is 33.0 Å². The Kier molecular flexibility index (Phi) is 10.5. The topological polar surface area (TPSA) is 78.9 Å². The van der Waals surface area contributed by atoms with Gasteiger partial charge in [0.25, 0.3) is 0 Å². The molecule has 0 atom stereocenters. The molecule has 46 heavy (non-hydrogen) atoms. The molecule has 0 unspecified atom stereocenters. The first-order chi connectivity index (χ1) is 22.1. The zero-order valence-corrected chi connectivity index (χ0v) is 25.1. The standard InChI is InChI=1S/C39H27FO6/c1-6-36(41)44-31-19-12-28(13-20-31)9-8-27-10-17-30(18-11-27)34-24-35(46-39(43)25(3)4)33(38(40)26(34)5)23-16-29-14-21-32(22-15-29)45-37(42)7-2/h6-7,10-15,17-22,24H,1-3H2,4-5H3. The average Bonchev–Trinajstić information content (AvgIpc) is 3.06. The van der Waals surface area contributed by atoms with Gasteiger partial charge in [-0.15, -0.1) is 0 Å². The number of hydrogen-bond acceptors (Lipinski definition) is 6. The molecule has 0 fully saturated rings. The van der Waals surface area contributed by atoms with E-state index < -0.39 is 23.7 Å². The molecule has 0 aromatic heterocycles. The van der Waals surface area contributed by atoms with Crippen molar-refractivity contribution in [2.24, 2.45) is 0 Å². The quantitative estimate of drug-likeness (QED) is 0.0949. The predicted octanol–water partition coefficient (Wildman–Crippen LogP) is 7.27. The van der Waals surface area contributed by atoms with Crippen LogP contribution in [0.1, 0.15) is 34.7 Å². The van der Waals surface area contributed by atoms with Crippen LogP contribution < -0.4 is 14.2 Å². The van der Waals surface area contributed by atoms with Crippen LogP contribution in [0.15, 0.2) is 116 Å². The van der Waals surface area contributed by atoms with E-state index in [0.717, 1.165) is 12.2 Å². The van der Waals surface area contributed by atoms with Crippen LogP contribution in [0.5, 0.6) is 17.2 Å². The smallest absolute Gasteiger partial charge is 0.338 e. The lowest BCUT2D eigenvalue weighted by atomic mass is 9.96. The number of halogens is 1. The molecule has 0 radical (unpaired) electrons. The van der Waals surface area contributed by atoms with Crippen molar-refractivity contribution in [2.45, 2.75) is 13.8 Å². The first kappa shape index (κ1) is 32.5. The van der Waals surface area contributed by atoms with Gasteiger partial charge in [-0.2, -0.15) is 0 Å². The fourth-order valence-electron chi connectivity index (χ4n) is 3.95. The summed E-state index contributed by atoms with van der Waals surface area (Å²) in [6.45, 7) is 13.5. The summed E-state index contributed by atoms with van der Waals surface area (Å²) < 4.78 is 31.5. The fourth-order valence-corrected chi connectivity index (χ4v) is 3.95. The Morgan fingerprint density at radius 3 is 1.57 bits per heavy atom. The highest BCUT2D eigenvalue weighted by molar-refractivity contribution is 5.89. The highest BCUT2D eigenvalue weighted by Crippen LogP contribution is 2.34. The van der Waals surface area contributed by atoms with Gasteiger partial charge in [0.2, 0.25) is 0 Å². The maximum atomic E-state index is 15.9. The molecule has 4 aromatic rings. The van der Waals surface area contributed by atoms with Gasteiger partial charge in [0.1, 0.15) is 28.6 Å². The minimum atomic E-state index is -0.719. The normalized spacial score (nSPS) is 9.80. The SMILES string of the molecule is C=CC(=O)Oc1ccc(C#Cc2ccc(-c3cc(OC(=O)C(=C)C)c(C#Cc4ccc(OC(=O)C=C)cc4)c(F)c3C)cc2)cc1. The first-order valence-electron chi connectivity index (χ1n) is 13.8. The van der Waals surface area contributed by atoms with E-state index in [1.54, 1.807) is 85.8 Å². The lowest BCUT2D eigenvalue weighted by Crippen LogP contribution is -2.10. The summed E-state index contributed by atoms with van der Waals surface area (Å²) in [5.41, 5.74) is 3.48. The Morgan fingerprint density at radius 2 is 1.13 bits per heavy atom. The third-order valence-electron chi connectivity index (χ3n) is 6.38. The largest absolute Gasteiger partial charge is 0.423 e. The molecule has 0 amide bonds. The summed E-state index contributed by atoms with van der Waals surface area (Å²) in [5, 5.41) is 0. The van der Waals surface area contributed by atoms with Crippen LogP contribution >= 0.6 is 0 Å². The van der Waals surface area contributed by atoms with E-state index in [4.69, 9.17) is 14.2 Å². The van der Waals surface area contributed by atoms with Crippen LogP contribution in [-0.2, 0) is 14.4 Å². The minimum Gasteiger partial charge on any atom is -0.423 e. The third-order valence-corrected chi connectivity index (χ3v) is 6.38. The van der Waals surface area contributed by atoms with Gasteiger partial charge in [-0.1, -0.05) is 55.6 Å². The molecule has 0 spiro atoms. The Bertz CT molecular complexity index is 1980. The van der Waals surface area contributed by atoms with Gasteiger partial charge in [0.15, 0.2) is 0 Å². The summed E-state index contributed by atoms with van der Waals surface area (Å²) in [6.07, 6.45) is 2.13. The van der Waals surface area contributed by atoms with Gasteiger partial charge in [-0.25, -0.2) is 18.8 Å². The van der Waals surface area contributed by atoms with Crippen molar-refractivity contribution in [3.05, 3.63) is 150 Å². The summed E-state index contributed by atoms with van der Waals surface area (Å²) >= 11 is 0. The number of rotatable bonds is 7. The van der Waals surface area contributed by atoms with Crippen LogP contribution in [0.25, 0.3) is 11.1 Å². The molecule has 0 aliphatic carbocycles. The van der Waals surface area contributed by atoms with Crippen molar-refractivity contribution in [2.75, 3.05) is 0 Å². The number of carbonyl (C=O) groups excluding carboxylic acids is 3. The molecule has 4 rings (SSSR count). The van der Waals surface area contributed by atoms with Gasteiger partial charge >= 0.3 is 17.9 Å². The monoisotopic (exact) mass is 610 g/mol. The molecule has 6 nitrogen and oxygen atoms in total. The van der Waals surface area contributed by atoms with E-state index >= 15 is 4.39 Å². The Labute approximate surface area is 266 Å². The second-order valence-corrected chi connectivity index (χ2v) is 9.78. The van der Waals surface area contributed by atoms with E-state index in [1.165, 1.54) is 6.92 Å². The molecule has 0 bridgehead atoms. The zero-order chi connectivity index (χ0) is 33.2. The van der Waals surface area contributed by atoms with Gasteiger partial charge in [-0.05, 0) is 97.3 Å². The Morgan fingerprint density at radius 1 is 0.696 bits per heavy atom. The predicted molar refractivity (Wildman–Crippen MR) is 174 cm³/mol. The van der Waals surface area contributed by atoms with Crippen molar-refractivity contribution in [3.63, 3.8) is 0 Å². The molecular weight excluding hydrogens is 583 g/mol. The van der Waals surface area contributed by atoms with E-state index in [2.05, 4.69) is 43.4 Å². The molecule has 226 valence electrons. The zero-order valence-electron chi connectivity index (χ0n) is 25.1. The van der Waals surface area contributed by atoms with E-state index in [1.807, 2.05) is 0 Å². The van der Waals surface area contributed by atoms with Crippen molar-refractivity contribution >= 4 is 17.9 Å². The highest BCUT2D eigenvalue weighted by Gasteiger charge is 2.19. The highest BCUT2D eigenvalue weighted by atomic mass is 19.1. The van der Waals surface area contributed by atoms with E-state index in [0.29, 0.717) is 44.9 Å². The van der Waals surface area contributed by atoms with Crippen LogP contribution in [-0.4, -0.2) is 17.9 Å². The van der Waals surface area contributed by atoms with Gasteiger partial charge in [-0.3, -0.25) is 0 Å². The number of carbonyl (C=O) groups is 3. The number of esters is 3. The maximum Gasteiger partial charge on any atom is 0.338 e. The summed E-state index contributed by atoms with van der Waals surface area (Å²) in [5.74, 6) is 9.90. The van der Waals surface area contributed by atoms with Gasteiger partial charge in [0.05, 0.1) is 0 Å². The minimum absolute atomic E-state index is 0.0544.